The Balaban J connectivity index is 3.86. The van der Waals surface area contributed by atoms with E-state index in [0.717, 1.165) is 0 Å². The van der Waals surface area contributed by atoms with Crippen LogP contribution in [-0.2, 0) is 19.0 Å². The second-order valence-corrected chi connectivity index (χ2v) is 3.96. The molecule has 118 valence electrons. The zero-order valence-corrected chi connectivity index (χ0v) is 12.2. The maximum atomic E-state index is 11.3. The molecule has 0 bridgehead atoms. The van der Waals surface area contributed by atoms with E-state index in [0.29, 0.717) is 6.42 Å². The van der Waals surface area contributed by atoms with Gasteiger partial charge in [-0.2, -0.15) is 0 Å². The van der Waals surface area contributed by atoms with Crippen LogP contribution in [0.4, 0.5) is 4.79 Å². The zero-order valence-electron chi connectivity index (χ0n) is 12.2. The van der Waals surface area contributed by atoms with Crippen molar-refractivity contribution in [3.63, 3.8) is 0 Å². The van der Waals surface area contributed by atoms with E-state index >= 15 is 0 Å². The molecule has 0 rings (SSSR count). The first-order valence-corrected chi connectivity index (χ1v) is 6.47. The quantitative estimate of drug-likeness (QED) is 0.473. The lowest BCUT2D eigenvalue weighted by Crippen LogP contribution is -2.34. The van der Waals surface area contributed by atoms with Crippen LogP contribution < -0.4 is 10.6 Å². The van der Waals surface area contributed by atoms with Gasteiger partial charge in [0.15, 0.2) is 6.29 Å². The first-order chi connectivity index (χ1) is 9.57. The number of methoxy groups -OCH3 is 1. The maximum Gasteiger partial charge on any atom is 0.407 e. The van der Waals surface area contributed by atoms with Crippen LogP contribution in [0.15, 0.2) is 0 Å². The van der Waals surface area contributed by atoms with E-state index in [2.05, 4.69) is 10.6 Å². The SMILES string of the molecule is CCC(CO)OC(COC(=O)NCCC(=O)NC)OC. The van der Waals surface area contributed by atoms with E-state index in [1.807, 2.05) is 6.92 Å². The molecule has 3 N–H and O–H groups in total. The van der Waals surface area contributed by atoms with Crippen molar-refractivity contribution >= 4 is 12.0 Å². The molecular formula is C12H24N2O6. The minimum absolute atomic E-state index is 0.0984. The number of ether oxygens (including phenoxy) is 3. The van der Waals surface area contributed by atoms with Crippen molar-refractivity contribution < 1.29 is 28.9 Å². The molecule has 0 radical (unpaired) electrons. The van der Waals surface area contributed by atoms with E-state index in [1.54, 1.807) is 0 Å². The Morgan fingerprint density at radius 1 is 1.35 bits per heavy atom. The van der Waals surface area contributed by atoms with Crippen LogP contribution in [0.1, 0.15) is 19.8 Å². The fraction of sp³-hybridized carbons (Fsp3) is 0.833. The lowest BCUT2D eigenvalue weighted by atomic mass is 10.3. The monoisotopic (exact) mass is 292 g/mol. The summed E-state index contributed by atoms with van der Waals surface area (Å²) in [6.07, 6.45) is -0.958. The highest BCUT2D eigenvalue weighted by Gasteiger charge is 2.16. The molecule has 0 aromatic carbocycles. The average molecular weight is 292 g/mol. The summed E-state index contributed by atoms with van der Waals surface area (Å²) in [6.45, 7) is 1.82. The van der Waals surface area contributed by atoms with Crippen molar-refractivity contribution in [3.8, 4) is 0 Å². The molecule has 0 aliphatic rings. The fourth-order valence-electron chi connectivity index (χ4n) is 1.24. The molecular weight excluding hydrogens is 268 g/mol. The van der Waals surface area contributed by atoms with Crippen molar-refractivity contribution in [2.75, 3.05) is 33.9 Å². The molecule has 0 aromatic rings. The second kappa shape index (κ2) is 11.4. The average Bonchev–Trinajstić information content (AvgIpc) is 2.47. The van der Waals surface area contributed by atoms with Gasteiger partial charge >= 0.3 is 6.09 Å². The molecule has 8 nitrogen and oxygen atoms in total. The number of alkyl carbamates (subject to hydrolysis) is 1. The van der Waals surface area contributed by atoms with Gasteiger partial charge in [-0.05, 0) is 6.42 Å². The van der Waals surface area contributed by atoms with E-state index in [9.17, 15) is 9.59 Å². The molecule has 2 atom stereocenters. The third-order valence-electron chi connectivity index (χ3n) is 2.52. The number of hydrogen-bond acceptors (Lipinski definition) is 6. The number of carbonyl (C=O) groups excluding carboxylic acids is 2. The van der Waals surface area contributed by atoms with Gasteiger partial charge in [-0.1, -0.05) is 6.92 Å². The topological polar surface area (TPSA) is 106 Å². The van der Waals surface area contributed by atoms with Gasteiger partial charge in [0.2, 0.25) is 5.91 Å². The van der Waals surface area contributed by atoms with Gasteiger partial charge in [-0.25, -0.2) is 4.79 Å². The summed E-state index contributed by atoms with van der Waals surface area (Å²) in [6, 6.07) is 0. The van der Waals surface area contributed by atoms with Crippen LogP contribution >= 0.6 is 0 Å². The Hall–Kier alpha value is -1.38. The maximum absolute atomic E-state index is 11.3. The molecule has 0 spiro atoms. The Labute approximate surface area is 118 Å². The Morgan fingerprint density at radius 2 is 2.05 bits per heavy atom. The highest BCUT2D eigenvalue weighted by atomic mass is 16.7. The lowest BCUT2D eigenvalue weighted by Gasteiger charge is -2.21. The third-order valence-corrected chi connectivity index (χ3v) is 2.52. The Kier molecular flexibility index (Phi) is 10.7. The molecule has 0 aliphatic carbocycles. The molecule has 0 heterocycles. The van der Waals surface area contributed by atoms with Crippen molar-refractivity contribution in [2.45, 2.75) is 32.2 Å². The van der Waals surface area contributed by atoms with Crippen molar-refractivity contribution in [1.82, 2.24) is 10.6 Å². The van der Waals surface area contributed by atoms with Crippen LogP contribution in [0, 0.1) is 0 Å². The van der Waals surface area contributed by atoms with Crippen molar-refractivity contribution in [3.05, 3.63) is 0 Å². The molecule has 8 heteroatoms. The standard InChI is InChI=1S/C12H24N2O6/c1-4-9(7-15)20-11(18-3)8-19-12(17)14-6-5-10(16)13-2/h9,11,15H,4-8H2,1-3H3,(H,13,16)(H,14,17). The smallest absolute Gasteiger partial charge is 0.407 e. The summed E-state index contributed by atoms with van der Waals surface area (Å²) >= 11 is 0. The first kappa shape index (κ1) is 18.6. The first-order valence-electron chi connectivity index (χ1n) is 6.47. The number of nitrogens with one attached hydrogen (secondary N) is 2. The molecule has 20 heavy (non-hydrogen) atoms. The van der Waals surface area contributed by atoms with Crippen molar-refractivity contribution in [2.24, 2.45) is 0 Å². The van der Waals surface area contributed by atoms with E-state index in [4.69, 9.17) is 19.3 Å². The van der Waals surface area contributed by atoms with Gasteiger partial charge in [-0.15, -0.1) is 0 Å². The number of amides is 2. The number of hydrogen-bond donors (Lipinski definition) is 3. The third kappa shape index (κ3) is 8.68. The van der Waals surface area contributed by atoms with Gasteiger partial charge in [0.25, 0.3) is 0 Å². The van der Waals surface area contributed by atoms with E-state index in [-0.39, 0.29) is 38.2 Å². The fourth-order valence-corrected chi connectivity index (χ4v) is 1.24. The minimum atomic E-state index is -0.739. The van der Waals surface area contributed by atoms with Crippen molar-refractivity contribution in [1.29, 1.82) is 0 Å². The van der Waals surface area contributed by atoms with E-state index < -0.39 is 12.4 Å². The highest BCUT2D eigenvalue weighted by Crippen LogP contribution is 2.04. The molecule has 2 amide bonds. The zero-order chi connectivity index (χ0) is 15.4. The lowest BCUT2D eigenvalue weighted by molar-refractivity contribution is -0.181. The highest BCUT2D eigenvalue weighted by molar-refractivity contribution is 5.76. The number of aliphatic hydroxyl groups excluding tert-OH is 1. The van der Waals surface area contributed by atoms with Gasteiger partial charge in [0.1, 0.15) is 6.61 Å². The summed E-state index contributed by atoms with van der Waals surface area (Å²) in [7, 11) is 2.94. The summed E-state index contributed by atoms with van der Waals surface area (Å²) in [5, 5.41) is 13.9. The number of carbonyl (C=O) groups is 2. The molecule has 0 aromatic heterocycles. The summed E-state index contributed by atoms with van der Waals surface area (Å²) < 4.78 is 15.2. The Bertz CT molecular complexity index is 283. The summed E-state index contributed by atoms with van der Waals surface area (Å²) in [5.74, 6) is -0.169. The minimum Gasteiger partial charge on any atom is -0.444 e. The van der Waals surface area contributed by atoms with Gasteiger partial charge in [0.05, 0.1) is 12.7 Å². The molecule has 0 fully saturated rings. The van der Waals surface area contributed by atoms with Crippen LogP contribution in [0.25, 0.3) is 0 Å². The molecule has 0 saturated heterocycles. The normalized spacial score (nSPS) is 13.4. The summed E-state index contributed by atoms with van der Waals surface area (Å²) in [4.78, 5) is 22.3. The van der Waals surface area contributed by atoms with Crippen LogP contribution in [-0.4, -0.2) is 63.4 Å². The predicted octanol–water partition coefficient (Wildman–Crippen LogP) is -0.391. The number of rotatable bonds is 10. The van der Waals surface area contributed by atoms with Crippen LogP contribution in [0.5, 0.6) is 0 Å². The Morgan fingerprint density at radius 3 is 2.55 bits per heavy atom. The van der Waals surface area contributed by atoms with Gasteiger partial charge in [-0.3, -0.25) is 4.79 Å². The summed E-state index contributed by atoms with van der Waals surface area (Å²) in [5.41, 5.74) is 0. The van der Waals surface area contributed by atoms with Crippen LogP contribution in [0.2, 0.25) is 0 Å². The largest absolute Gasteiger partial charge is 0.444 e. The molecule has 0 saturated carbocycles. The predicted molar refractivity (Wildman–Crippen MR) is 71.1 cm³/mol. The molecule has 2 unspecified atom stereocenters. The molecule has 0 aliphatic heterocycles. The second-order valence-electron chi connectivity index (χ2n) is 3.96. The number of aliphatic hydroxyl groups is 1. The van der Waals surface area contributed by atoms with Crippen LogP contribution in [0.3, 0.4) is 0 Å². The van der Waals surface area contributed by atoms with Gasteiger partial charge in [0, 0.05) is 27.1 Å². The van der Waals surface area contributed by atoms with Gasteiger partial charge < -0.3 is 30.0 Å². The van der Waals surface area contributed by atoms with E-state index in [1.165, 1.54) is 14.2 Å².